The van der Waals surface area contributed by atoms with Crippen LogP contribution >= 0.6 is 11.6 Å². The van der Waals surface area contributed by atoms with E-state index >= 15 is 0 Å². The molecule has 2 aromatic carbocycles. The van der Waals surface area contributed by atoms with E-state index in [1.807, 2.05) is 29.2 Å². The van der Waals surface area contributed by atoms with E-state index in [9.17, 15) is 9.18 Å². The van der Waals surface area contributed by atoms with E-state index in [0.29, 0.717) is 36.8 Å². The molecule has 32 heavy (non-hydrogen) atoms. The molecule has 9 heteroatoms. The Morgan fingerprint density at radius 1 is 1.03 bits per heavy atom. The van der Waals surface area contributed by atoms with Crippen LogP contribution in [-0.2, 0) is 11.2 Å². The minimum absolute atomic E-state index is 0.0397. The molecule has 1 aliphatic heterocycles. The Bertz CT molecular complexity index is 1270. The van der Waals surface area contributed by atoms with E-state index in [0.717, 1.165) is 22.5 Å². The molecule has 1 aliphatic rings. The number of amides is 1. The molecule has 0 bridgehead atoms. The molecular formula is C23H20ClFN6O. The van der Waals surface area contributed by atoms with Gasteiger partial charge in [-0.25, -0.2) is 19.0 Å². The number of halogens is 2. The summed E-state index contributed by atoms with van der Waals surface area (Å²) in [6.45, 7) is 2.50. The standard InChI is InChI=1S/C23H20ClFN6O/c24-17-2-1-3-19(13-17)31-23-20(14-28-31)22(26-15-27-23)30-10-8-29(9-11-30)21(32)12-16-4-6-18(25)7-5-16/h1-7,13-15H,8-12H2. The van der Waals surface area contributed by atoms with Gasteiger partial charge in [-0.1, -0.05) is 29.8 Å². The van der Waals surface area contributed by atoms with Gasteiger partial charge in [0.15, 0.2) is 5.65 Å². The highest BCUT2D eigenvalue weighted by molar-refractivity contribution is 6.30. The number of carbonyl (C=O) groups is 1. The van der Waals surface area contributed by atoms with Crippen LogP contribution in [0, 0.1) is 5.82 Å². The maximum Gasteiger partial charge on any atom is 0.227 e. The largest absolute Gasteiger partial charge is 0.352 e. The number of hydrogen-bond donors (Lipinski definition) is 0. The summed E-state index contributed by atoms with van der Waals surface area (Å²) in [4.78, 5) is 25.6. The highest BCUT2D eigenvalue weighted by Gasteiger charge is 2.24. The maximum absolute atomic E-state index is 13.1. The highest BCUT2D eigenvalue weighted by Crippen LogP contribution is 2.26. The van der Waals surface area contributed by atoms with Gasteiger partial charge in [0.2, 0.25) is 5.91 Å². The Hall–Kier alpha value is -3.52. The third-order valence-corrected chi connectivity index (χ3v) is 5.83. The van der Waals surface area contributed by atoms with Crippen molar-refractivity contribution in [3.05, 3.63) is 77.5 Å². The second kappa shape index (κ2) is 8.55. The molecule has 0 radical (unpaired) electrons. The first-order chi connectivity index (χ1) is 15.6. The second-order valence-electron chi connectivity index (χ2n) is 7.64. The molecule has 1 saturated heterocycles. The van der Waals surface area contributed by atoms with Crippen molar-refractivity contribution in [1.29, 1.82) is 0 Å². The molecule has 7 nitrogen and oxygen atoms in total. The number of rotatable bonds is 4. The smallest absolute Gasteiger partial charge is 0.227 e. The van der Waals surface area contributed by atoms with Crippen molar-refractivity contribution in [1.82, 2.24) is 24.6 Å². The second-order valence-corrected chi connectivity index (χ2v) is 8.08. The molecule has 0 N–H and O–H groups in total. The van der Waals surface area contributed by atoms with Crippen molar-refractivity contribution in [3.8, 4) is 5.69 Å². The van der Waals surface area contributed by atoms with Crippen molar-refractivity contribution in [3.63, 3.8) is 0 Å². The van der Waals surface area contributed by atoms with Crippen LogP contribution in [0.4, 0.5) is 10.2 Å². The monoisotopic (exact) mass is 450 g/mol. The molecule has 2 aromatic heterocycles. The van der Waals surface area contributed by atoms with E-state index in [-0.39, 0.29) is 18.1 Å². The minimum Gasteiger partial charge on any atom is -0.352 e. The molecule has 0 saturated carbocycles. The number of hydrogen-bond acceptors (Lipinski definition) is 5. The summed E-state index contributed by atoms with van der Waals surface area (Å²) < 4.78 is 14.8. The lowest BCUT2D eigenvalue weighted by molar-refractivity contribution is -0.130. The molecule has 0 atom stereocenters. The average molecular weight is 451 g/mol. The van der Waals surface area contributed by atoms with Crippen molar-refractivity contribution in [2.45, 2.75) is 6.42 Å². The van der Waals surface area contributed by atoms with Crippen LogP contribution in [0.15, 0.2) is 61.1 Å². The van der Waals surface area contributed by atoms with Gasteiger partial charge in [0.25, 0.3) is 0 Å². The quantitative estimate of drug-likeness (QED) is 0.476. The fourth-order valence-corrected chi connectivity index (χ4v) is 4.12. The lowest BCUT2D eigenvalue weighted by Gasteiger charge is -2.35. The van der Waals surface area contributed by atoms with E-state index in [1.165, 1.54) is 18.5 Å². The highest BCUT2D eigenvalue weighted by atomic mass is 35.5. The summed E-state index contributed by atoms with van der Waals surface area (Å²) in [5, 5.41) is 5.97. The average Bonchev–Trinajstić information content (AvgIpc) is 3.25. The normalized spacial score (nSPS) is 14.2. The van der Waals surface area contributed by atoms with Crippen molar-refractivity contribution < 1.29 is 9.18 Å². The first-order valence-corrected chi connectivity index (χ1v) is 10.7. The van der Waals surface area contributed by atoms with Gasteiger partial charge in [-0.3, -0.25) is 4.79 Å². The maximum atomic E-state index is 13.1. The summed E-state index contributed by atoms with van der Waals surface area (Å²) in [7, 11) is 0. The molecular weight excluding hydrogens is 431 g/mol. The predicted octanol–water partition coefficient (Wildman–Crippen LogP) is 3.50. The Balaban J connectivity index is 1.31. The van der Waals surface area contributed by atoms with E-state index in [1.54, 1.807) is 23.0 Å². The first kappa shape index (κ1) is 20.4. The zero-order valence-electron chi connectivity index (χ0n) is 17.2. The molecule has 0 aliphatic carbocycles. The molecule has 1 fully saturated rings. The first-order valence-electron chi connectivity index (χ1n) is 10.3. The van der Waals surface area contributed by atoms with Crippen LogP contribution in [0.2, 0.25) is 5.02 Å². The van der Waals surface area contributed by atoms with Gasteiger partial charge in [-0.05, 0) is 35.9 Å². The molecule has 4 aromatic rings. The van der Waals surface area contributed by atoms with Crippen molar-refractivity contribution in [2.75, 3.05) is 31.1 Å². The molecule has 1 amide bonds. The molecule has 0 unspecified atom stereocenters. The zero-order chi connectivity index (χ0) is 22.1. The minimum atomic E-state index is -0.301. The fraction of sp³-hybridized carbons (Fsp3) is 0.217. The molecule has 3 heterocycles. The molecule has 0 spiro atoms. The Morgan fingerprint density at radius 3 is 2.56 bits per heavy atom. The van der Waals surface area contributed by atoms with Crippen LogP contribution in [0.25, 0.3) is 16.7 Å². The van der Waals surface area contributed by atoms with Gasteiger partial charge < -0.3 is 9.80 Å². The number of nitrogens with zero attached hydrogens (tertiary/aromatic N) is 6. The van der Waals surface area contributed by atoms with Gasteiger partial charge in [0.1, 0.15) is 18.0 Å². The van der Waals surface area contributed by atoms with Crippen molar-refractivity contribution >= 4 is 34.4 Å². The summed E-state index contributed by atoms with van der Waals surface area (Å²) in [5.41, 5.74) is 2.34. The fourth-order valence-electron chi connectivity index (χ4n) is 3.94. The summed E-state index contributed by atoms with van der Waals surface area (Å²) in [6.07, 6.45) is 3.56. The summed E-state index contributed by atoms with van der Waals surface area (Å²) in [6, 6.07) is 13.5. The number of fused-ring (bicyclic) bond motifs is 1. The predicted molar refractivity (Wildman–Crippen MR) is 121 cm³/mol. The van der Waals surface area contributed by atoms with Gasteiger partial charge in [0, 0.05) is 31.2 Å². The lowest BCUT2D eigenvalue weighted by atomic mass is 10.1. The third-order valence-electron chi connectivity index (χ3n) is 5.60. The third kappa shape index (κ3) is 4.01. The van der Waals surface area contributed by atoms with Gasteiger partial charge in [-0.15, -0.1) is 0 Å². The van der Waals surface area contributed by atoms with Crippen molar-refractivity contribution in [2.24, 2.45) is 0 Å². The summed E-state index contributed by atoms with van der Waals surface area (Å²) in [5.74, 6) is 0.538. The van der Waals surface area contributed by atoms with Gasteiger partial charge in [0.05, 0.1) is 23.7 Å². The Labute approximate surface area is 189 Å². The Morgan fingerprint density at radius 2 is 1.81 bits per heavy atom. The van der Waals surface area contributed by atoms with E-state index < -0.39 is 0 Å². The Kier molecular flexibility index (Phi) is 5.45. The summed E-state index contributed by atoms with van der Waals surface area (Å²) >= 11 is 6.13. The number of piperazine rings is 1. The SMILES string of the molecule is O=C(Cc1ccc(F)cc1)N1CCN(c2ncnc3c2cnn3-c2cccc(Cl)c2)CC1. The van der Waals surface area contributed by atoms with Gasteiger partial charge in [-0.2, -0.15) is 5.10 Å². The zero-order valence-corrected chi connectivity index (χ0v) is 17.9. The lowest BCUT2D eigenvalue weighted by Crippen LogP contribution is -2.49. The number of benzene rings is 2. The van der Waals surface area contributed by atoms with Crippen LogP contribution in [-0.4, -0.2) is 56.7 Å². The van der Waals surface area contributed by atoms with Crippen LogP contribution in [0.1, 0.15) is 5.56 Å². The number of aromatic nitrogens is 4. The number of carbonyl (C=O) groups excluding carboxylic acids is 1. The molecule has 162 valence electrons. The van der Waals surface area contributed by atoms with E-state index in [4.69, 9.17) is 11.6 Å². The molecule has 5 rings (SSSR count). The van der Waals surface area contributed by atoms with E-state index in [2.05, 4.69) is 20.0 Å². The van der Waals surface area contributed by atoms with Crippen LogP contribution in [0.3, 0.4) is 0 Å². The number of anilines is 1. The van der Waals surface area contributed by atoms with Crippen LogP contribution < -0.4 is 4.90 Å². The van der Waals surface area contributed by atoms with Gasteiger partial charge >= 0.3 is 0 Å². The topological polar surface area (TPSA) is 67.2 Å². The van der Waals surface area contributed by atoms with Crippen LogP contribution in [0.5, 0.6) is 0 Å².